The third-order valence-corrected chi connectivity index (χ3v) is 2.43. The Morgan fingerprint density at radius 3 is 2.64 bits per heavy atom. The van der Waals surface area contributed by atoms with E-state index in [1.165, 1.54) is 14.0 Å². The molecule has 0 fully saturated rings. The Balaban J connectivity index is 3.19. The Kier molecular flexibility index (Phi) is 3.13. The highest BCUT2D eigenvalue weighted by Crippen LogP contribution is 2.26. The second-order valence-corrected chi connectivity index (χ2v) is 3.49. The Morgan fingerprint density at radius 2 is 2.21 bits per heavy atom. The van der Waals surface area contributed by atoms with Gasteiger partial charge in [-0.15, -0.1) is 0 Å². The fourth-order valence-electron chi connectivity index (χ4n) is 1.11. The highest BCUT2D eigenvalue weighted by Gasteiger charge is 2.35. The van der Waals surface area contributed by atoms with Crippen LogP contribution in [0.15, 0.2) is 24.3 Å². The molecule has 0 radical (unpaired) electrons. The van der Waals surface area contributed by atoms with Crippen LogP contribution in [0.2, 0.25) is 5.02 Å². The van der Waals surface area contributed by atoms with Gasteiger partial charge in [0.05, 0.1) is 0 Å². The van der Waals surface area contributed by atoms with Crippen molar-refractivity contribution in [3.63, 3.8) is 0 Å². The van der Waals surface area contributed by atoms with E-state index in [1.54, 1.807) is 24.3 Å². The maximum absolute atomic E-state index is 11.0. The fourth-order valence-corrected chi connectivity index (χ4v) is 1.30. The second-order valence-electron chi connectivity index (χ2n) is 3.05. The van der Waals surface area contributed by atoms with Gasteiger partial charge in [0.1, 0.15) is 0 Å². The van der Waals surface area contributed by atoms with Crippen LogP contribution in [-0.2, 0) is 15.1 Å². The molecule has 0 aliphatic rings. The first-order chi connectivity index (χ1) is 6.50. The van der Waals surface area contributed by atoms with Crippen LogP contribution >= 0.6 is 11.6 Å². The van der Waals surface area contributed by atoms with Crippen molar-refractivity contribution in [2.45, 2.75) is 12.5 Å². The van der Waals surface area contributed by atoms with Gasteiger partial charge in [-0.2, -0.15) is 0 Å². The number of ether oxygens (including phenoxy) is 1. The smallest absolute Gasteiger partial charge is 0.340 e. The summed E-state index contributed by atoms with van der Waals surface area (Å²) in [6.45, 7) is 1.49. The van der Waals surface area contributed by atoms with E-state index >= 15 is 0 Å². The molecule has 0 aliphatic carbocycles. The fraction of sp³-hybridized carbons (Fsp3) is 0.300. The van der Waals surface area contributed by atoms with Crippen LogP contribution in [0, 0.1) is 0 Å². The van der Waals surface area contributed by atoms with Crippen LogP contribution in [0.4, 0.5) is 0 Å². The summed E-state index contributed by atoms with van der Waals surface area (Å²) in [5, 5.41) is 9.50. The SMILES string of the molecule is COC(C)(C(=O)O)c1cccc(Cl)c1. The van der Waals surface area contributed by atoms with E-state index in [1.807, 2.05) is 0 Å². The highest BCUT2D eigenvalue weighted by atomic mass is 35.5. The second kappa shape index (κ2) is 3.98. The zero-order valence-electron chi connectivity index (χ0n) is 7.95. The zero-order valence-corrected chi connectivity index (χ0v) is 8.71. The number of methoxy groups -OCH3 is 1. The molecule has 0 amide bonds. The molecule has 14 heavy (non-hydrogen) atoms. The first-order valence-electron chi connectivity index (χ1n) is 4.05. The summed E-state index contributed by atoms with van der Waals surface area (Å²) in [5.41, 5.74) is -0.815. The van der Waals surface area contributed by atoms with Crippen molar-refractivity contribution in [1.82, 2.24) is 0 Å². The average Bonchev–Trinajstić information content (AvgIpc) is 2.16. The Bertz CT molecular complexity index is 351. The van der Waals surface area contributed by atoms with Crippen LogP contribution in [0.3, 0.4) is 0 Å². The van der Waals surface area contributed by atoms with Gasteiger partial charge in [-0.05, 0) is 24.6 Å². The largest absolute Gasteiger partial charge is 0.479 e. The van der Waals surface area contributed by atoms with Crippen molar-refractivity contribution in [2.75, 3.05) is 7.11 Å². The first kappa shape index (κ1) is 11.0. The van der Waals surface area contributed by atoms with Crippen molar-refractivity contribution in [2.24, 2.45) is 0 Å². The standard InChI is InChI=1S/C10H11ClO3/c1-10(14-2,9(12)13)7-4-3-5-8(11)6-7/h3-6H,1-2H3,(H,12,13). The van der Waals surface area contributed by atoms with E-state index in [2.05, 4.69) is 0 Å². The summed E-state index contributed by atoms with van der Waals surface area (Å²) in [4.78, 5) is 11.0. The molecular weight excluding hydrogens is 204 g/mol. The van der Waals surface area contributed by atoms with Gasteiger partial charge in [0.15, 0.2) is 5.60 Å². The van der Waals surface area contributed by atoms with Crippen LogP contribution < -0.4 is 0 Å². The van der Waals surface area contributed by atoms with Gasteiger partial charge < -0.3 is 9.84 Å². The minimum Gasteiger partial charge on any atom is -0.479 e. The maximum atomic E-state index is 11.0. The molecule has 3 nitrogen and oxygen atoms in total. The summed E-state index contributed by atoms with van der Waals surface area (Å²) in [7, 11) is 1.36. The first-order valence-corrected chi connectivity index (χ1v) is 4.43. The predicted octanol–water partition coefficient (Wildman–Crippen LogP) is 2.29. The minimum atomic E-state index is -1.34. The van der Waals surface area contributed by atoms with E-state index in [0.717, 1.165) is 0 Å². The van der Waals surface area contributed by atoms with Crippen molar-refractivity contribution in [3.8, 4) is 0 Å². The van der Waals surface area contributed by atoms with E-state index in [-0.39, 0.29) is 0 Å². The summed E-state index contributed by atoms with van der Waals surface area (Å²) in [5.74, 6) is -1.04. The number of rotatable bonds is 3. The lowest BCUT2D eigenvalue weighted by atomic mass is 9.96. The van der Waals surface area contributed by atoms with Gasteiger partial charge in [0.2, 0.25) is 0 Å². The molecule has 0 saturated carbocycles. The molecule has 0 spiro atoms. The number of carbonyl (C=O) groups is 1. The van der Waals surface area contributed by atoms with Gasteiger partial charge in [-0.1, -0.05) is 23.7 Å². The summed E-state index contributed by atoms with van der Waals surface area (Å²) >= 11 is 5.76. The topological polar surface area (TPSA) is 46.5 Å². The Hall–Kier alpha value is -1.06. The third kappa shape index (κ3) is 1.89. The minimum absolute atomic E-state index is 0.493. The molecule has 1 N–H and O–H groups in total. The van der Waals surface area contributed by atoms with Gasteiger partial charge in [-0.25, -0.2) is 4.79 Å². The Morgan fingerprint density at radius 1 is 1.57 bits per heavy atom. The molecule has 0 aliphatic heterocycles. The van der Waals surface area contributed by atoms with E-state index < -0.39 is 11.6 Å². The van der Waals surface area contributed by atoms with Crippen molar-refractivity contribution < 1.29 is 14.6 Å². The van der Waals surface area contributed by atoms with Crippen LogP contribution in [0.25, 0.3) is 0 Å². The number of carboxylic acid groups (broad SMARTS) is 1. The number of hydrogen-bond acceptors (Lipinski definition) is 2. The van der Waals surface area contributed by atoms with E-state index in [0.29, 0.717) is 10.6 Å². The normalized spacial score (nSPS) is 14.8. The highest BCUT2D eigenvalue weighted by molar-refractivity contribution is 6.30. The average molecular weight is 215 g/mol. The molecule has 0 bridgehead atoms. The maximum Gasteiger partial charge on any atom is 0.340 e. The van der Waals surface area contributed by atoms with Crippen LogP contribution in [0.5, 0.6) is 0 Å². The quantitative estimate of drug-likeness (QED) is 0.840. The number of carboxylic acids is 1. The number of halogens is 1. The van der Waals surface area contributed by atoms with Crippen molar-refractivity contribution in [3.05, 3.63) is 34.9 Å². The van der Waals surface area contributed by atoms with Crippen molar-refractivity contribution >= 4 is 17.6 Å². The predicted molar refractivity (Wildman–Crippen MR) is 53.4 cm³/mol. The number of benzene rings is 1. The monoisotopic (exact) mass is 214 g/mol. The Labute approximate surface area is 87.3 Å². The van der Waals surface area contributed by atoms with Gasteiger partial charge in [-0.3, -0.25) is 0 Å². The summed E-state index contributed by atoms with van der Waals surface area (Å²) < 4.78 is 4.98. The zero-order chi connectivity index (χ0) is 10.8. The lowest BCUT2D eigenvalue weighted by Gasteiger charge is -2.23. The number of hydrogen-bond donors (Lipinski definition) is 1. The lowest BCUT2D eigenvalue weighted by Crippen LogP contribution is -2.34. The van der Waals surface area contributed by atoms with E-state index in [9.17, 15) is 4.79 Å². The molecule has 1 rings (SSSR count). The number of aliphatic carboxylic acids is 1. The van der Waals surface area contributed by atoms with Crippen LogP contribution in [0.1, 0.15) is 12.5 Å². The van der Waals surface area contributed by atoms with Gasteiger partial charge in [0, 0.05) is 12.1 Å². The van der Waals surface area contributed by atoms with Gasteiger partial charge >= 0.3 is 5.97 Å². The van der Waals surface area contributed by atoms with Gasteiger partial charge in [0.25, 0.3) is 0 Å². The molecule has 76 valence electrons. The molecule has 0 aromatic heterocycles. The molecule has 0 heterocycles. The molecule has 0 saturated heterocycles. The summed E-state index contributed by atoms with van der Waals surface area (Å²) in [6, 6.07) is 6.63. The van der Waals surface area contributed by atoms with E-state index in [4.69, 9.17) is 21.4 Å². The molecular formula is C10H11ClO3. The molecule has 1 aromatic carbocycles. The summed E-state index contributed by atoms with van der Waals surface area (Å²) in [6.07, 6.45) is 0. The molecule has 1 atom stereocenters. The lowest BCUT2D eigenvalue weighted by molar-refractivity contribution is -0.161. The van der Waals surface area contributed by atoms with Crippen molar-refractivity contribution in [1.29, 1.82) is 0 Å². The molecule has 4 heteroatoms. The third-order valence-electron chi connectivity index (χ3n) is 2.19. The molecule has 1 unspecified atom stereocenters. The molecule has 1 aromatic rings. The van der Waals surface area contributed by atoms with Crippen LogP contribution in [-0.4, -0.2) is 18.2 Å².